The average molecular weight is 395 g/mol. The van der Waals surface area contributed by atoms with E-state index in [4.69, 9.17) is 23.2 Å². The fourth-order valence-corrected chi connectivity index (χ4v) is 2.98. The Balaban J connectivity index is 0.00000288. The standard InChI is InChI=1S/C16H14Cl2O4S.Na/c17-13-7-8-15(18)14(10-13)16(19)12-5-3-11(4-6-12)2-1-9-23(20,21)22;/h3-8,10H,1-2,9H2,(H,20,21,22);/q;+1/p-1. The first-order valence-electron chi connectivity index (χ1n) is 6.78. The Hall–Kier alpha value is -0.400. The van der Waals surface area contributed by atoms with Crippen LogP contribution in [-0.2, 0) is 16.5 Å². The number of ketones is 1. The maximum Gasteiger partial charge on any atom is 1.00 e. The van der Waals surface area contributed by atoms with Gasteiger partial charge < -0.3 is 4.55 Å². The van der Waals surface area contributed by atoms with E-state index in [-0.39, 0.29) is 41.8 Å². The van der Waals surface area contributed by atoms with E-state index in [1.54, 1.807) is 36.4 Å². The van der Waals surface area contributed by atoms with E-state index in [2.05, 4.69) is 0 Å². The van der Waals surface area contributed by atoms with Crippen LogP contribution in [0.1, 0.15) is 27.9 Å². The number of carbonyl (C=O) groups excluding carboxylic acids is 1. The summed E-state index contributed by atoms with van der Waals surface area (Å²) >= 11 is 11.9. The van der Waals surface area contributed by atoms with Crippen LogP contribution in [0.25, 0.3) is 0 Å². The van der Waals surface area contributed by atoms with Crippen LogP contribution in [-0.4, -0.2) is 24.5 Å². The number of aryl methyl sites for hydroxylation is 1. The summed E-state index contributed by atoms with van der Waals surface area (Å²) in [6.45, 7) is 0. The number of hydrogen-bond donors (Lipinski definition) is 0. The van der Waals surface area contributed by atoms with Crippen molar-refractivity contribution < 1.29 is 47.3 Å². The first-order valence-corrected chi connectivity index (χ1v) is 9.12. The summed E-state index contributed by atoms with van der Waals surface area (Å²) in [6.07, 6.45) is 0.701. The molecule has 0 aromatic heterocycles. The van der Waals surface area contributed by atoms with Gasteiger partial charge in [-0.2, -0.15) is 0 Å². The molecule has 0 fully saturated rings. The summed E-state index contributed by atoms with van der Waals surface area (Å²) in [5.74, 6) is -0.641. The third-order valence-corrected chi connectivity index (χ3v) is 4.60. The van der Waals surface area contributed by atoms with E-state index in [0.717, 1.165) is 5.56 Å². The topological polar surface area (TPSA) is 74.3 Å². The SMILES string of the molecule is O=C(c1ccc(CCCS(=O)(=O)[O-])cc1)c1cc(Cl)ccc1Cl.[Na+]. The van der Waals surface area contributed by atoms with Gasteiger partial charge in [0.15, 0.2) is 5.78 Å². The van der Waals surface area contributed by atoms with E-state index in [1.807, 2.05) is 0 Å². The number of benzene rings is 2. The minimum absolute atomic E-state index is 0. The van der Waals surface area contributed by atoms with Gasteiger partial charge in [-0.3, -0.25) is 4.79 Å². The Labute approximate surface area is 173 Å². The van der Waals surface area contributed by atoms with Gasteiger partial charge in [-0.15, -0.1) is 0 Å². The van der Waals surface area contributed by atoms with Crippen molar-refractivity contribution >= 4 is 39.1 Å². The Morgan fingerprint density at radius 2 is 1.67 bits per heavy atom. The number of rotatable bonds is 6. The fraction of sp³-hybridized carbons (Fsp3) is 0.188. The van der Waals surface area contributed by atoms with E-state index >= 15 is 0 Å². The van der Waals surface area contributed by atoms with Crippen LogP contribution in [0.4, 0.5) is 0 Å². The molecule has 2 aromatic rings. The van der Waals surface area contributed by atoms with Crippen molar-refractivity contribution in [2.24, 2.45) is 0 Å². The summed E-state index contributed by atoms with van der Waals surface area (Å²) in [6, 6.07) is 11.4. The number of halogens is 2. The maximum atomic E-state index is 12.4. The van der Waals surface area contributed by atoms with Crippen molar-refractivity contribution in [3.8, 4) is 0 Å². The zero-order valence-electron chi connectivity index (χ0n) is 13.0. The molecule has 122 valence electrons. The molecule has 2 aromatic carbocycles. The molecule has 0 unspecified atom stereocenters. The second-order valence-corrected chi connectivity index (χ2v) is 7.38. The summed E-state index contributed by atoms with van der Waals surface area (Å²) in [5.41, 5.74) is 1.63. The molecule has 0 atom stereocenters. The average Bonchev–Trinajstić information content (AvgIpc) is 2.48. The Morgan fingerprint density at radius 1 is 1.04 bits per heavy atom. The Kier molecular flexibility index (Phi) is 8.42. The molecule has 0 aliphatic rings. The molecule has 4 nitrogen and oxygen atoms in total. The Morgan fingerprint density at radius 3 is 2.25 bits per heavy atom. The van der Waals surface area contributed by atoms with Gasteiger partial charge in [0.05, 0.1) is 15.1 Å². The van der Waals surface area contributed by atoms with Gasteiger partial charge in [-0.25, -0.2) is 8.42 Å². The van der Waals surface area contributed by atoms with Crippen molar-refractivity contribution in [2.75, 3.05) is 5.75 Å². The minimum atomic E-state index is -4.19. The fourth-order valence-electron chi connectivity index (χ4n) is 2.10. The van der Waals surface area contributed by atoms with Gasteiger partial charge in [-0.1, -0.05) is 47.5 Å². The van der Waals surface area contributed by atoms with E-state index in [0.29, 0.717) is 27.6 Å². The number of carbonyl (C=O) groups is 1. The molecule has 2 rings (SSSR count). The summed E-state index contributed by atoms with van der Waals surface area (Å²) < 4.78 is 31.7. The van der Waals surface area contributed by atoms with Gasteiger partial charge in [0.1, 0.15) is 0 Å². The van der Waals surface area contributed by atoms with Crippen LogP contribution < -0.4 is 29.6 Å². The van der Waals surface area contributed by atoms with Gasteiger partial charge in [0.25, 0.3) is 0 Å². The second-order valence-electron chi connectivity index (χ2n) is 5.02. The largest absolute Gasteiger partial charge is 1.00 e. The van der Waals surface area contributed by atoms with Gasteiger partial charge in [0.2, 0.25) is 0 Å². The van der Waals surface area contributed by atoms with E-state index in [1.165, 1.54) is 6.07 Å². The molecular weight excluding hydrogens is 382 g/mol. The molecule has 0 aliphatic carbocycles. The molecule has 0 bridgehead atoms. The molecule has 8 heteroatoms. The van der Waals surface area contributed by atoms with Crippen LogP contribution in [0.3, 0.4) is 0 Å². The van der Waals surface area contributed by atoms with Gasteiger partial charge in [0, 0.05) is 21.9 Å². The van der Waals surface area contributed by atoms with Crippen molar-refractivity contribution in [3.05, 3.63) is 69.2 Å². The van der Waals surface area contributed by atoms with Crippen molar-refractivity contribution in [1.82, 2.24) is 0 Å². The Bertz CT molecular complexity index is 820. The molecular formula is C16H13Cl2NaO4S. The zero-order valence-corrected chi connectivity index (χ0v) is 17.3. The molecule has 0 saturated heterocycles. The molecule has 0 radical (unpaired) electrons. The molecule has 0 aliphatic heterocycles. The predicted octanol–water partition coefficient (Wildman–Crippen LogP) is 0.706. The monoisotopic (exact) mass is 394 g/mol. The van der Waals surface area contributed by atoms with Crippen LogP contribution in [0.15, 0.2) is 42.5 Å². The first kappa shape index (κ1) is 21.6. The van der Waals surface area contributed by atoms with Crippen molar-refractivity contribution in [3.63, 3.8) is 0 Å². The molecule has 0 amide bonds. The maximum absolute atomic E-state index is 12.4. The normalized spacial score (nSPS) is 11.0. The second kappa shape index (κ2) is 9.34. The molecule has 0 spiro atoms. The summed E-state index contributed by atoms with van der Waals surface area (Å²) in [4.78, 5) is 12.4. The van der Waals surface area contributed by atoms with Crippen LogP contribution in [0, 0.1) is 0 Å². The van der Waals surface area contributed by atoms with Crippen molar-refractivity contribution in [2.45, 2.75) is 12.8 Å². The minimum Gasteiger partial charge on any atom is -0.748 e. The van der Waals surface area contributed by atoms with E-state index < -0.39 is 15.9 Å². The quantitative estimate of drug-likeness (QED) is 0.410. The summed E-state index contributed by atoms with van der Waals surface area (Å²) in [5, 5.41) is 0.748. The first-order chi connectivity index (χ1) is 10.8. The molecule has 0 saturated carbocycles. The zero-order chi connectivity index (χ0) is 17.0. The summed E-state index contributed by atoms with van der Waals surface area (Å²) in [7, 11) is -4.19. The van der Waals surface area contributed by atoms with Gasteiger partial charge >= 0.3 is 29.6 Å². The predicted molar refractivity (Wildman–Crippen MR) is 89.2 cm³/mol. The number of hydrogen-bond acceptors (Lipinski definition) is 4. The third kappa shape index (κ3) is 6.48. The van der Waals surface area contributed by atoms with Crippen LogP contribution in [0.5, 0.6) is 0 Å². The van der Waals surface area contributed by atoms with Gasteiger partial charge in [-0.05, 0) is 36.6 Å². The smallest absolute Gasteiger partial charge is 0.748 e. The van der Waals surface area contributed by atoms with Crippen LogP contribution in [0.2, 0.25) is 10.0 Å². The van der Waals surface area contributed by atoms with Crippen molar-refractivity contribution in [1.29, 1.82) is 0 Å². The van der Waals surface area contributed by atoms with E-state index in [9.17, 15) is 17.8 Å². The third-order valence-electron chi connectivity index (χ3n) is 3.25. The van der Waals surface area contributed by atoms with Crippen LogP contribution >= 0.6 is 23.2 Å². The molecule has 0 heterocycles. The molecule has 0 N–H and O–H groups in total. The molecule has 24 heavy (non-hydrogen) atoms.